The van der Waals surface area contributed by atoms with E-state index in [1.165, 1.54) is 0 Å². The van der Waals surface area contributed by atoms with E-state index in [-0.39, 0.29) is 17.2 Å². The highest BCUT2D eigenvalue weighted by Crippen LogP contribution is 2.24. The fraction of sp³-hybridized carbons (Fsp3) is 0.650. The molecule has 4 heteroatoms. The molecule has 24 heavy (non-hydrogen) atoms. The van der Waals surface area contributed by atoms with Crippen molar-refractivity contribution in [3.63, 3.8) is 0 Å². The van der Waals surface area contributed by atoms with Crippen LogP contribution in [0.15, 0.2) is 36.1 Å². The first-order chi connectivity index (χ1) is 11.1. The van der Waals surface area contributed by atoms with Crippen LogP contribution in [-0.4, -0.2) is 30.4 Å². The molecule has 0 aromatic heterocycles. The average Bonchev–Trinajstić information content (AvgIpc) is 2.46. The Balaban J connectivity index is 2.30. The second kappa shape index (κ2) is 9.07. The molecule has 0 bridgehead atoms. The van der Waals surface area contributed by atoms with E-state index in [2.05, 4.69) is 32.6 Å². The molecule has 0 amide bonds. The van der Waals surface area contributed by atoms with E-state index in [9.17, 15) is 4.79 Å². The Labute approximate surface area is 146 Å². The van der Waals surface area contributed by atoms with Crippen molar-refractivity contribution >= 4 is 5.97 Å². The smallest absolute Gasteiger partial charge is 0.333 e. The molecule has 0 saturated carbocycles. The molecule has 0 saturated heterocycles. The van der Waals surface area contributed by atoms with Crippen molar-refractivity contribution in [1.82, 2.24) is 0 Å². The summed E-state index contributed by atoms with van der Waals surface area (Å²) in [6.07, 6.45) is 9.84. The molecule has 0 radical (unpaired) electrons. The van der Waals surface area contributed by atoms with Crippen molar-refractivity contribution in [3.05, 3.63) is 36.1 Å². The van der Waals surface area contributed by atoms with Gasteiger partial charge in [-0.05, 0) is 59.6 Å². The van der Waals surface area contributed by atoms with Crippen LogP contribution in [0, 0.1) is 0 Å². The summed E-state index contributed by atoms with van der Waals surface area (Å²) < 4.78 is 17.1. The Hall–Kier alpha value is -1.55. The van der Waals surface area contributed by atoms with Crippen LogP contribution in [0.1, 0.15) is 60.3 Å². The zero-order valence-corrected chi connectivity index (χ0v) is 15.8. The third-order valence-corrected chi connectivity index (χ3v) is 3.84. The van der Waals surface area contributed by atoms with Crippen LogP contribution in [0.2, 0.25) is 0 Å². The van der Waals surface area contributed by atoms with Crippen molar-refractivity contribution in [2.45, 2.75) is 71.5 Å². The van der Waals surface area contributed by atoms with Crippen molar-refractivity contribution in [2.24, 2.45) is 0 Å². The maximum atomic E-state index is 11.4. The highest BCUT2D eigenvalue weighted by molar-refractivity contribution is 5.86. The first-order valence-corrected chi connectivity index (χ1v) is 8.64. The lowest BCUT2D eigenvalue weighted by Gasteiger charge is -2.31. The Morgan fingerprint density at radius 2 is 1.79 bits per heavy atom. The maximum Gasteiger partial charge on any atom is 0.333 e. The average molecular weight is 336 g/mol. The van der Waals surface area contributed by atoms with Crippen molar-refractivity contribution in [1.29, 1.82) is 0 Å². The Morgan fingerprint density at radius 3 is 2.38 bits per heavy atom. The van der Waals surface area contributed by atoms with Crippen LogP contribution < -0.4 is 0 Å². The van der Waals surface area contributed by atoms with E-state index in [0.717, 1.165) is 25.0 Å². The SMILES string of the molecule is C=C(C)C(=O)OCCC(C)(C)OCCC(C)(C)OC1=CCCC=C1. The first-order valence-electron chi connectivity index (χ1n) is 8.64. The monoisotopic (exact) mass is 336 g/mol. The van der Waals surface area contributed by atoms with Crippen LogP contribution in [-0.2, 0) is 19.0 Å². The van der Waals surface area contributed by atoms with E-state index >= 15 is 0 Å². The number of hydrogen-bond acceptors (Lipinski definition) is 4. The molecule has 0 aromatic carbocycles. The minimum atomic E-state index is -0.353. The molecule has 0 spiro atoms. The normalized spacial score (nSPS) is 15.0. The minimum Gasteiger partial charge on any atom is -0.488 e. The third-order valence-electron chi connectivity index (χ3n) is 3.84. The van der Waals surface area contributed by atoms with Gasteiger partial charge in [-0.1, -0.05) is 12.7 Å². The summed E-state index contributed by atoms with van der Waals surface area (Å²) in [4.78, 5) is 11.4. The lowest BCUT2D eigenvalue weighted by atomic mass is 10.0. The van der Waals surface area contributed by atoms with E-state index in [4.69, 9.17) is 14.2 Å². The van der Waals surface area contributed by atoms with E-state index < -0.39 is 0 Å². The summed E-state index contributed by atoms with van der Waals surface area (Å²) in [5.41, 5.74) is -0.218. The Kier molecular flexibility index (Phi) is 7.74. The number of allylic oxidation sites excluding steroid dienone is 3. The molecule has 0 aromatic rings. The van der Waals surface area contributed by atoms with E-state index in [1.807, 2.05) is 19.9 Å². The summed E-state index contributed by atoms with van der Waals surface area (Å²) in [5, 5.41) is 0. The molecule has 136 valence electrons. The number of esters is 1. The van der Waals surface area contributed by atoms with Gasteiger partial charge < -0.3 is 14.2 Å². The third kappa shape index (κ3) is 8.34. The first kappa shape index (κ1) is 20.5. The molecule has 1 aliphatic carbocycles. The molecular weight excluding hydrogens is 304 g/mol. The number of hydrogen-bond donors (Lipinski definition) is 0. The minimum absolute atomic E-state index is 0.282. The Morgan fingerprint density at radius 1 is 1.12 bits per heavy atom. The summed E-state index contributed by atoms with van der Waals surface area (Å²) in [5.74, 6) is 0.589. The fourth-order valence-electron chi connectivity index (χ4n) is 2.19. The van der Waals surface area contributed by atoms with Gasteiger partial charge in [0.05, 0.1) is 18.8 Å². The molecule has 4 nitrogen and oxygen atoms in total. The van der Waals surface area contributed by atoms with Gasteiger partial charge in [0.2, 0.25) is 0 Å². The predicted octanol–water partition coefficient (Wildman–Crippen LogP) is 4.71. The highest BCUT2D eigenvalue weighted by atomic mass is 16.5. The highest BCUT2D eigenvalue weighted by Gasteiger charge is 2.24. The zero-order chi connectivity index (χ0) is 18.2. The molecule has 0 unspecified atom stereocenters. The molecule has 0 N–H and O–H groups in total. The summed E-state index contributed by atoms with van der Waals surface area (Å²) in [7, 11) is 0. The second-order valence-corrected chi connectivity index (χ2v) is 7.47. The van der Waals surface area contributed by atoms with E-state index in [1.54, 1.807) is 6.92 Å². The number of carbonyl (C=O) groups excluding carboxylic acids is 1. The standard InChI is InChI=1S/C20H32O4/c1-16(2)18(21)22-14-12-19(3,4)23-15-13-20(5,6)24-17-10-8-7-9-11-17/h8,10-11H,1,7,9,12-15H2,2-6H3. The molecule has 1 rings (SSSR count). The maximum absolute atomic E-state index is 11.4. The van der Waals surface area contributed by atoms with Gasteiger partial charge in [-0.25, -0.2) is 4.79 Å². The van der Waals surface area contributed by atoms with Gasteiger partial charge >= 0.3 is 5.97 Å². The van der Waals surface area contributed by atoms with Crippen molar-refractivity contribution < 1.29 is 19.0 Å². The molecule has 0 aliphatic heterocycles. The van der Waals surface area contributed by atoms with Gasteiger partial charge in [0.15, 0.2) is 0 Å². The van der Waals surface area contributed by atoms with Gasteiger partial charge in [-0.2, -0.15) is 0 Å². The van der Waals surface area contributed by atoms with Crippen molar-refractivity contribution in [2.75, 3.05) is 13.2 Å². The topological polar surface area (TPSA) is 44.8 Å². The van der Waals surface area contributed by atoms with Crippen LogP contribution in [0.25, 0.3) is 0 Å². The zero-order valence-electron chi connectivity index (χ0n) is 15.8. The van der Waals surface area contributed by atoms with Crippen LogP contribution in [0.5, 0.6) is 0 Å². The lowest BCUT2D eigenvalue weighted by molar-refractivity contribution is -0.141. The van der Waals surface area contributed by atoms with Crippen LogP contribution in [0.3, 0.4) is 0 Å². The van der Waals surface area contributed by atoms with Gasteiger partial charge in [0, 0.05) is 18.4 Å². The number of carbonyl (C=O) groups is 1. The molecule has 0 heterocycles. The second-order valence-electron chi connectivity index (χ2n) is 7.47. The largest absolute Gasteiger partial charge is 0.488 e. The quantitative estimate of drug-likeness (QED) is 0.428. The molecule has 0 fully saturated rings. The summed E-state index contributed by atoms with van der Waals surface area (Å²) >= 11 is 0. The lowest BCUT2D eigenvalue weighted by Crippen LogP contribution is -2.31. The number of rotatable bonds is 10. The molecule has 0 atom stereocenters. The van der Waals surface area contributed by atoms with Crippen molar-refractivity contribution in [3.8, 4) is 0 Å². The molecular formula is C20H32O4. The predicted molar refractivity (Wildman–Crippen MR) is 96.7 cm³/mol. The van der Waals surface area contributed by atoms with Crippen LogP contribution >= 0.6 is 0 Å². The van der Waals surface area contributed by atoms with Gasteiger partial charge in [0.25, 0.3) is 0 Å². The van der Waals surface area contributed by atoms with Gasteiger partial charge in [0.1, 0.15) is 11.4 Å². The van der Waals surface area contributed by atoms with E-state index in [0.29, 0.717) is 25.2 Å². The number of ether oxygens (including phenoxy) is 3. The van der Waals surface area contributed by atoms with Gasteiger partial charge in [-0.15, -0.1) is 0 Å². The fourth-order valence-corrected chi connectivity index (χ4v) is 2.19. The summed E-state index contributed by atoms with van der Waals surface area (Å²) in [6.45, 7) is 14.3. The van der Waals surface area contributed by atoms with Crippen LogP contribution in [0.4, 0.5) is 0 Å². The molecule has 1 aliphatic rings. The van der Waals surface area contributed by atoms with Gasteiger partial charge in [-0.3, -0.25) is 0 Å². The summed E-state index contributed by atoms with van der Waals surface area (Å²) in [6, 6.07) is 0. The Bertz CT molecular complexity index is 498.